The van der Waals surface area contributed by atoms with E-state index in [0.29, 0.717) is 11.5 Å². The Balaban J connectivity index is 2.39. The molecule has 0 bridgehead atoms. The molecule has 17 heavy (non-hydrogen) atoms. The molecule has 0 aliphatic heterocycles. The van der Waals surface area contributed by atoms with Crippen LogP contribution in [0.3, 0.4) is 0 Å². The maximum atomic E-state index is 6.23. The summed E-state index contributed by atoms with van der Waals surface area (Å²) >= 11 is 6.23. The number of unbranched alkanes of at least 4 members (excludes halogenated alkanes) is 1. The minimum absolute atomic E-state index is 0.348. The third-order valence-electron chi connectivity index (χ3n) is 4.54. The summed E-state index contributed by atoms with van der Waals surface area (Å²) in [6.07, 6.45) is 11.0. The van der Waals surface area contributed by atoms with Crippen molar-refractivity contribution in [2.75, 3.05) is 13.0 Å². The van der Waals surface area contributed by atoms with Gasteiger partial charge in [-0.15, -0.1) is 11.6 Å². The van der Waals surface area contributed by atoms with Gasteiger partial charge in [-0.1, -0.05) is 26.2 Å². The average molecular weight is 261 g/mol. The first-order valence-electron chi connectivity index (χ1n) is 7.24. The maximum absolute atomic E-state index is 6.23. The van der Waals surface area contributed by atoms with Gasteiger partial charge >= 0.3 is 0 Å². The van der Waals surface area contributed by atoms with E-state index in [1.807, 2.05) is 0 Å². The van der Waals surface area contributed by atoms with Gasteiger partial charge in [0.15, 0.2) is 0 Å². The number of halogens is 1. The lowest BCUT2D eigenvalue weighted by atomic mass is 9.68. The highest BCUT2D eigenvalue weighted by Crippen LogP contribution is 2.44. The normalized spacial score (nSPS) is 31.4. The highest BCUT2D eigenvalue weighted by molar-refractivity contribution is 6.18. The summed E-state index contributed by atoms with van der Waals surface area (Å²) < 4.78 is 5.41. The Morgan fingerprint density at radius 1 is 1.35 bits per heavy atom. The van der Waals surface area contributed by atoms with E-state index in [1.165, 1.54) is 44.9 Å². The molecule has 1 atom stereocenters. The van der Waals surface area contributed by atoms with Crippen LogP contribution in [-0.4, -0.2) is 19.1 Å². The Morgan fingerprint density at radius 3 is 2.47 bits per heavy atom. The molecule has 1 aliphatic rings. The van der Waals surface area contributed by atoms with E-state index in [0.717, 1.165) is 18.2 Å². The minimum Gasteiger partial charge on any atom is -0.382 e. The van der Waals surface area contributed by atoms with Crippen molar-refractivity contribution in [3.05, 3.63) is 0 Å². The van der Waals surface area contributed by atoms with Gasteiger partial charge in [0.1, 0.15) is 0 Å². The minimum atomic E-state index is 0.348. The van der Waals surface area contributed by atoms with Gasteiger partial charge in [0.05, 0.1) is 6.10 Å². The van der Waals surface area contributed by atoms with Gasteiger partial charge in [0.25, 0.3) is 0 Å². The van der Waals surface area contributed by atoms with Crippen molar-refractivity contribution in [3.8, 4) is 0 Å². The molecule has 1 unspecified atom stereocenters. The van der Waals surface area contributed by atoms with Crippen LogP contribution in [0.4, 0.5) is 0 Å². The predicted octanol–water partition coefficient (Wildman–Crippen LogP) is 5.02. The van der Waals surface area contributed by atoms with Crippen LogP contribution < -0.4 is 0 Å². The van der Waals surface area contributed by atoms with Gasteiger partial charge in [-0.25, -0.2) is 0 Å². The molecule has 1 nitrogen and oxygen atoms in total. The fraction of sp³-hybridized carbons (Fsp3) is 1.00. The van der Waals surface area contributed by atoms with Crippen LogP contribution in [0, 0.1) is 11.3 Å². The van der Waals surface area contributed by atoms with Crippen LogP contribution in [0.1, 0.15) is 65.2 Å². The molecular weight excluding hydrogens is 232 g/mol. The second-order valence-electron chi connectivity index (χ2n) is 5.97. The lowest BCUT2D eigenvalue weighted by molar-refractivity contribution is 0.0466. The number of hydrogen-bond acceptors (Lipinski definition) is 1. The van der Waals surface area contributed by atoms with Crippen molar-refractivity contribution < 1.29 is 4.74 Å². The molecule has 0 spiro atoms. The first-order valence-corrected chi connectivity index (χ1v) is 7.78. The van der Waals surface area contributed by atoms with E-state index in [-0.39, 0.29) is 0 Å². The molecule has 2 heteroatoms. The monoisotopic (exact) mass is 260 g/mol. The molecule has 1 fully saturated rings. The highest BCUT2D eigenvalue weighted by Gasteiger charge is 2.35. The zero-order chi connectivity index (χ0) is 12.7. The van der Waals surface area contributed by atoms with E-state index >= 15 is 0 Å². The summed E-state index contributed by atoms with van der Waals surface area (Å²) in [5.41, 5.74) is 0.361. The predicted molar refractivity (Wildman–Crippen MR) is 75.7 cm³/mol. The van der Waals surface area contributed by atoms with Crippen molar-refractivity contribution in [1.82, 2.24) is 0 Å². The summed E-state index contributed by atoms with van der Waals surface area (Å²) in [7, 11) is 1.81. The van der Waals surface area contributed by atoms with Crippen molar-refractivity contribution >= 4 is 11.6 Å². The van der Waals surface area contributed by atoms with Crippen LogP contribution in [0.25, 0.3) is 0 Å². The van der Waals surface area contributed by atoms with E-state index in [9.17, 15) is 0 Å². The number of alkyl halides is 1. The quantitative estimate of drug-likeness (QED) is 0.584. The molecule has 1 aliphatic carbocycles. The Bertz CT molecular complexity index is 197. The Morgan fingerprint density at radius 2 is 2.00 bits per heavy atom. The summed E-state index contributed by atoms with van der Waals surface area (Å²) in [6, 6.07) is 0. The highest BCUT2D eigenvalue weighted by atomic mass is 35.5. The van der Waals surface area contributed by atoms with Crippen LogP contribution in [0.2, 0.25) is 0 Å². The molecule has 0 aromatic heterocycles. The van der Waals surface area contributed by atoms with Gasteiger partial charge in [-0.2, -0.15) is 0 Å². The first-order chi connectivity index (χ1) is 8.15. The molecule has 0 aromatic rings. The van der Waals surface area contributed by atoms with Crippen LogP contribution in [0.5, 0.6) is 0 Å². The molecule has 0 saturated heterocycles. The summed E-state index contributed by atoms with van der Waals surface area (Å²) in [5.74, 6) is 1.77. The lowest BCUT2D eigenvalue weighted by Crippen LogP contribution is -2.33. The molecule has 0 amide bonds. The largest absolute Gasteiger partial charge is 0.382 e. The van der Waals surface area contributed by atoms with Gasteiger partial charge in [0.2, 0.25) is 0 Å². The van der Waals surface area contributed by atoms with E-state index in [2.05, 4.69) is 13.8 Å². The maximum Gasteiger partial charge on any atom is 0.0548 e. The van der Waals surface area contributed by atoms with Crippen molar-refractivity contribution in [3.63, 3.8) is 0 Å². The van der Waals surface area contributed by atoms with Gasteiger partial charge in [0, 0.05) is 13.0 Å². The van der Waals surface area contributed by atoms with Crippen molar-refractivity contribution in [2.45, 2.75) is 71.3 Å². The standard InChI is InChI=1S/C15H29ClO/c1-4-5-6-14-7-9-15(12-16,10-8-14)11-13(2)17-3/h13-14H,4-12H2,1-3H3. The first kappa shape index (κ1) is 15.3. The van der Waals surface area contributed by atoms with Crippen LogP contribution in [-0.2, 0) is 4.74 Å². The number of ether oxygens (including phenoxy) is 1. The number of rotatable bonds is 7. The van der Waals surface area contributed by atoms with Gasteiger partial charge < -0.3 is 4.74 Å². The Kier molecular flexibility index (Phi) is 6.87. The van der Waals surface area contributed by atoms with Crippen LogP contribution >= 0.6 is 11.6 Å². The second kappa shape index (κ2) is 7.63. The third-order valence-corrected chi connectivity index (χ3v) is 5.11. The van der Waals surface area contributed by atoms with E-state index < -0.39 is 0 Å². The SMILES string of the molecule is CCCCC1CCC(CCl)(CC(C)OC)CC1. The molecule has 1 saturated carbocycles. The Hall–Kier alpha value is 0.250. The molecule has 1 rings (SSSR count). The summed E-state index contributed by atoms with van der Waals surface area (Å²) in [5, 5.41) is 0. The molecule has 0 radical (unpaired) electrons. The number of methoxy groups -OCH3 is 1. The van der Waals surface area contributed by atoms with E-state index in [4.69, 9.17) is 16.3 Å². The molecule has 0 aromatic carbocycles. The van der Waals surface area contributed by atoms with Gasteiger partial charge in [-0.3, -0.25) is 0 Å². The smallest absolute Gasteiger partial charge is 0.0548 e. The molecule has 102 valence electrons. The topological polar surface area (TPSA) is 9.23 Å². The number of hydrogen-bond donors (Lipinski definition) is 0. The second-order valence-corrected chi connectivity index (χ2v) is 6.24. The van der Waals surface area contributed by atoms with Crippen LogP contribution in [0.15, 0.2) is 0 Å². The third kappa shape index (κ3) is 4.79. The summed E-state index contributed by atoms with van der Waals surface area (Å²) in [4.78, 5) is 0. The zero-order valence-corrected chi connectivity index (χ0v) is 12.6. The average Bonchev–Trinajstić information content (AvgIpc) is 2.38. The van der Waals surface area contributed by atoms with E-state index in [1.54, 1.807) is 7.11 Å². The fourth-order valence-electron chi connectivity index (χ4n) is 3.16. The fourth-order valence-corrected chi connectivity index (χ4v) is 3.53. The van der Waals surface area contributed by atoms with Gasteiger partial charge in [-0.05, 0) is 50.4 Å². The lowest BCUT2D eigenvalue weighted by Gasteiger charge is -2.40. The van der Waals surface area contributed by atoms with Crippen molar-refractivity contribution in [2.24, 2.45) is 11.3 Å². The van der Waals surface area contributed by atoms with Crippen molar-refractivity contribution in [1.29, 1.82) is 0 Å². The molecule has 0 heterocycles. The zero-order valence-electron chi connectivity index (χ0n) is 11.8. The molecule has 0 N–H and O–H groups in total. The summed E-state index contributed by atoms with van der Waals surface area (Å²) in [6.45, 7) is 4.45. The molecular formula is C15H29ClO. The Labute approximate surface area is 112 Å².